The van der Waals surface area contributed by atoms with Crippen LogP contribution in [0.15, 0.2) is 48.5 Å². The summed E-state index contributed by atoms with van der Waals surface area (Å²) in [5.41, 5.74) is 2.69. The van der Waals surface area contributed by atoms with Gasteiger partial charge < -0.3 is 14.7 Å². The van der Waals surface area contributed by atoms with Gasteiger partial charge in [-0.2, -0.15) is 0 Å². The summed E-state index contributed by atoms with van der Waals surface area (Å²) < 4.78 is 5.21. The van der Waals surface area contributed by atoms with Gasteiger partial charge in [-0.25, -0.2) is 0 Å². The third-order valence-corrected chi connectivity index (χ3v) is 4.85. The number of rotatable bonds is 5. The maximum atomic E-state index is 13.1. The van der Waals surface area contributed by atoms with Crippen molar-refractivity contribution in [2.45, 2.75) is 31.7 Å². The lowest BCUT2D eigenvalue weighted by molar-refractivity contribution is 0.0553. The molecule has 1 atom stereocenters. The van der Waals surface area contributed by atoms with Crippen molar-refractivity contribution in [1.82, 2.24) is 4.90 Å². The van der Waals surface area contributed by atoms with E-state index < -0.39 is 0 Å². The number of aromatic hydroxyl groups is 1. The number of phenolic OH excluding ortho intramolecular Hbond substituents is 1. The summed E-state index contributed by atoms with van der Waals surface area (Å²) in [4.78, 5) is 15.1. The molecule has 1 heterocycles. The Morgan fingerprint density at radius 1 is 1.16 bits per heavy atom. The first-order valence-electron chi connectivity index (χ1n) is 8.88. The molecule has 1 fully saturated rings. The molecule has 1 N–H and O–H groups in total. The minimum atomic E-state index is 0.0985. The number of likely N-dealkylation sites (tertiary alicyclic amines) is 1. The molecule has 1 aliphatic rings. The average molecular weight is 339 g/mol. The van der Waals surface area contributed by atoms with Gasteiger partial charge in [-0.1, -0.05) is 24.3 Å². The third kappa shape index (κ3) is 4.20. The normalized spacial score (nSPS) is 17.5. The molecule has 4 nitrogen and oxygen atoms in total. The zero-order chi connectivity index (χ0) is 17.6. The van der Waals surface area contributed by atoms with Gasteiger partial charge in [-0.15, -0.1) is 0 Å². The van der Waals surface area contributed by atoms with E-state index in [1.54, 1.807) is 19.2 Å². The molecule has 2 aromatic carbocycles. The molecule has 1 saturated heterocycles. The number of ether oxygens (including phenoxy) is 1. The fraction of sp³-hybridized carbons (Fsp3) is 0.381. The van der Waals surface area contributed by atoms with E-state index >= 15 is 0 Å². The standard InChI is InChI=1S/C21H25NO3/c1-25-14-12-19-7-2-3-13-22(19)21(24)18-6-4-5-17(15-18)16-8-10-20(23)11-9-16/h4-6,8-11,15,19,23H,2-3,7,12-14H2,1H3. The molecule has 1 unspecified atom stereocenters. The Morgan fingerprint density at radius 2 is 1.96 bits per heavy atom. The van der Waals surface area contributed by atoms with E-state index in [4.69, 9.17) is 4.74 Å². The minimum absolute atomic E-state index is 0.0985. The molecule has 4 heteroatoms. The first-order chi connectivity index (χ1) is 12.2. The summed E-state index contributed by atoms with van der Waals surface area (Å²) in [6.45, 7) is 1.50. The summed E-state index contributed by atoms with van der Waals surface area (Å²) in [7, 11) is 1.70. The number of hydrogen-bond acceptors (Lipinski definition) is 3. The van der Waals surface area contributed by atoms with Crippen LogP contribution in [0.25, 0.3) is 11.1 Å². The van der Waals surface area contributed by atoms with Crippen molar-refractivity contribution in [3.63, 3.8) is 0 Å². The van der Waals surface area contributed by atoms with Crippen molar-refractivity contribution in [2.75, 3.05) is 20.3 Å². The molecule has 0 aliphatic carbocycles. The molecule has 3 rings (SSSR count). The maximum absolute atomic E-state index is 13.1. The lowest BCUT2D eigenvalue weighted by Crippen LogP contribution is -2.44. The van der Waals surface area contributed by atoms with Crippen LogP contribution in [0.2, 0.25) is 0 Å². The van der Waals surface area contributed by atoms with Gasteiger partial charge in [0.05, 0.1) is 0 Å². The number of amides is 1. The predicted octanol–water partition coefficient (Wildman–Crippen LogP) is 4.09. The second-order valence-electron chi connectivity index (χ2n) is 6.56. The van der Waals surface area contributed by atoms with Crippen molar-refractivity contribution >= 4 is 5.91 Å². The van der Waals surface area contributed by atoms with Gasteiger partial charge in [-0.05, 0) is 61.1 Å². The second kappa shape index (κ2) is 8.17. The molecular weight excluding hydrogens is 314 g/mol. The Labute approximate surface area is 149 Å². The average Bonchev–Trinajstić information content (AvgIpc) is 2.67. The number of phenols is 1. The zero-order valence-corrected chi connectivity index (χ0v) is 14.6. The van der Waals surface area contributed by atoms with Gasteiger partial charge in [0.25, 0.3) is 5.91 Å². The van der Waals surface area contributed by atoms with Crippen LogP contribution < -0.4 is 0 Å². The van der Waals surface area contributed by atoms with E-state index in [1.165, 1.54) is 6.42 Å². The van der Waals surface area contributed by atoms with E-state index in [2.05, 4.69) is 0 Å². The molecular formula is C21H25NO3. The Morgan fingerprint density at radius 3 is 2.72 bits per heavy atom. The molecule has 0 bridgehead atoms. The number of nitrogens with zero attached hydrogens (tertiary/aromatic N) is 1. The van der Waals surface area contributed by atoms with Gasteiger partial charge in [0.1, 0.15) is 5.75 Å². The molecule has 2 aromatic rings. The van der Waals surface area contributed by atoms with Gasteiger partial charge >= 0.3 is 0 Å². The van der Waals surface area contributed by atoms with Crippen LogP contribution in [-0.4, -0.2) is 42.2 Å². The van der Waals surface area contributed by atoms with Crippen molar-refractivity contribution in [3.05, 3.63) is 54.1 Å². The number of carbonyl (C=O) groups excluding carboxylic acids is 1. The number of methoxy groups -OCH3 is 1. The topological polar surface area (TPSA) is 49.8 Å². The Balaban J connectivity index is 1.81. The SMILES string of the molecule is COCCC1CCCCN1C(=O)c1cccc(-c2ccc(O)cc2)c1. The molecule has 0 radical (unpaired) electrons. The Bertz CT molecular complexity index is 711. The van der Waals surface area contributed by atoms with Crippen molar-refractivity contribution < 1.29 is 14.6 Å². The summed E-state index contributed by atoms with van der Waals surface area (Å²) in [5.74, 6) is 0.340. The van der Waals surface area contributed by atoms with Gasteiger partial charge in [0.15, 0.2) is 0 Å². The lowest BCUT2D eigenvalue weighted by atomic mass is 9.97. The van der Waals surface area contributed by atoms with E-state index in [-0.39, 0.29) is 17.7 Å². The van der Waals surface area contributed by atoms with Crippen LogP contribution in [0, 0.1) is 0 Å². The lowest BCUT2D eigenvalue weighted by Gasteiger charge is -2.36. The van der Waals surface area contributed by atoms with Crippen LogP contribution in [0.3, 0.4) is 0 Å². The van der Waals surface area contributed by atoms with E-state index in [0.29, 0.717) is 6.61 Å². The molecule has 1 amide bonds. The number of benzene rings is 2. The molecule has 25 heavy (non-hydrogen) atoms. The fourth-order valence-corrected chi connectivity index (χ4v) is 3.47. The third-order valence-electron chi connectivity index (χ3n) is 4.85. The number of piperidine rings is 1. The smallest absolute Gasteiger partial charge is 0.254 e. The van der Waals surface area contributed by atoms with Gasteiger partial charge in [0.2, 0.25) is 0 Å². The highest BCUT2D eigenvalue weighted by Gasteiger charge is 2.27. The minimum Gasteiger partial charge on any atom is -0.508 e. The van der Waals surface area contributed by atoms with Crippen molar-refractivity contribution in [3.8, 4) is 16.9 Å². The first kappa shape index (κ1) is 17.5. The van der Waals surface area contributed by atoms with Gasteiger partial charge in [-0.3, -0.25) is 4.79 Å². The quantitative estimate of drug-likeness (QED) is 0.892. The van der Waals surface area contributed by atoms with E-state index in [1.807, 2.05) is 41.3 Å². The van der Waals surface area contributed by atoms with E-state index in [0.717, 1.165) is 42.5 Å². The maximum Gasteiger partial charge on any atom is 0.254 e. The zero-order valence-electron chi connectivity index (χ0n) is 14.6. The molecule has 132 valence electrons. The van der Waals surface area contributed by atoms with Crippen LogP contribution in [0.4, 0.5) is 0 Å². The first-order valence-corrected chi connectivity index (χ1v) is 8.88. The summed E-state index contributed by atoms with van der Waals surface area (Å²) in [6.07, 6.45) is 4.17. The van der Waals surface area contributed by atoms with Gasteiger partial charge in [0, 0.05) is 31.9 Å². The Hall–Kier alpha value is -2.33. The monoisotopic (exact) mass is 339 g/mol. The molecule has 1 aliphatic heterocycles. The highest BCUT2D eigenvalue weighted by molar-refractivity contribution is 5.95. The number of hydrogen-bond donors (Lipinski definition) is 1. The van der Waals surface area contributed by atoms with Crippen molar-refractivity contribution in [2.24, 2.45) is 0 Å². The molecule has 0 spiro atoms. The largest absolute Gasteiger partial charge is 0.508 e. The second-order valence-corrected chi connectivity index (χ2v) is 6.56. The fourth-order valence-electron chi connectivity index (χ4n) is 3.47. The molecule has 0 saturated carbocycles. The van der Waals surface area contributed by atoms with Crippen LogP contribution in [0.5, 0.6) is 5.75 Å². The summed E-state index contributed by atoms with van der Waals surface area (Å²) >= 11 is 0. The van der Waals surface area contributed by atoms with Crippen molar-refractivity contribution in [1.29, 1.82) is 0 Å². The van der Waals surface area contributed by atoms with Crippen LogP contribution >= 0.6 is 0 Å². The van der Waals surface area contributed by atoms with Crippen LogP contribution in [0.1, 0.15) is 36.0 Å². The number of carbonyl (C=O) groups is 1. The summed E-state index contributed by atoms with van der Waals surface area (Å²) in [5, 5.41) is 9.45. The highest BCUT2D eigenvalue weighted by Crippen LogP contribution is 2.26. The molecule has 0 aromatic heterocycles. The Kier molecular flexibility index (Phi) is 5.71. The highest BCUT2D eigenvalue weighted by atomic mass is 16.5. The van der Waals surface area contributed by atoms with Crippen LogP contribution in [-0.2, 0) is 4.74 Å². The summed E-state index contributed by atoms with van der Waals surface area (Å²) in [6, 6.07) is 15.0. The van der Waals surface area contributed by atoms with E-state index in [9.17, 15) is 9.90 Å². The predicted molar refractivity (Wildman–Crippen MR) is 98.7 cm³/mol.